The monoisotopic (exact) mass is 260 g/mol. The maximum absolute atomic E-state index is 4.46. The van der Waals surface area contributed by atoms with E-state index in [1.54, 1.807) is 0 Å². The molecule has 17 heavy (non-hydrogen) atoms. The van der Waals surface area contributed by atoms with E-state index in [1.807, 2.05) is 60.7 Å². The van der Waals surface area contributed by atoms with Crippen molar-refractivity contribution in [2.75, 3.05) is 5.32 Å². The molecule has 0 atom stereocenters. The summed E-state index contributed by atoms with van der Waals surface area (Å²) in [5, 5.41) is 3.97. The van der Waals surface area contributed by atoms with Gasteiger partial charge in [0, 0.05) is 5.69 Å². The lowest BCUT2D eigenvalue weighted by molar-refractivity contribution is 1.51. The van der Waals surface area contributed by atoms with Crippen LogP contribution in [0.4, 0.5) is 11.4 Å². The van der Waals surface area contributed by atoms with Crippen LogP contribution < -0.4 is 5.32 Å². The summed E-state index contributed by atoms with van der Waals surface area (Å²) >= 11 is 4.20. The SMILES string of the molecule is SSC(=Nc1ccccc1)Nc1ccccc1. The summed E-state index contributed by atoms with van der Waals surface area (Å²) < 4.78 is 0. The van der Waals surface area contributed by atoms with E-state index in [4.69, 9.17) is 0 Å². The summed E-state index contributed by atoms with van der Waals surface area (Å²) in [6.07, 6.45) is 0. The number of rotatable bonds is 2. The molecule has 86 valence electrons. The second-order valence-corrected chi connectivity index (χ2v) is 4.45. The van der Waals surface area contributed by atoms with E-state index in [9.17, 15) is 0 Å². The molecule has 0 aliphatic heterocycles. The van der Waals surface area contributed by atoms with Crippen LogP contribution in [0, 0.1) is 0 Å². The molecule has 2 aromatic carbocycles. The molecule has 0 unspecified atom stereocenters. The minimum absolute atomic E-state index is 0.755. The zero-order valence-corrected chi connectivity index (χ0v) is 10.8. The molecule has 0 bridgehead atoms. The fraction of sp³-hybridized carbons (Fsp3) is 0. The highest BCUT2D eigenvalue weighted by Gasteiger charge is 1.98. The van der Waals surface area contributed by atoms with Crippen LogP contribution in [0.15, 0.2) is 65.7 Å². The Bertz CT molecular complexity index is 483. The Morgan fingerprint density at radius 2 is 1.53 bits per heavy atom. The van der Waals surface area contributed by atoms with E-state index < -0.39 is 0 Å². The first-order valence-electron chi connectivity index (χ1n) is 5.16. The average Bonchev–Trinajstić information content (AvgIpc) is 2.40. The molecule has 4 heteroatoms. The first-order valence-corrected chi connectivity index (χ1v) is 7.02. The van der Waals surface area contributed by atoms with Gasteiger partial charge in [-0.2, -0.15) is 0 Å². The van der Waals surface area contributed by atoms with Crippen LogP contribution in [0.1, 0.15) is 0 Å². The number of anilines is 1. The van der Waals surface area contributed by atoms with E-state index in [0.29, 0.717) is 0 Å². The number of aliphatic imine (C=N–C) groups is 1. The minimum atomic E-state index is 0.755. The third-order valence-corrected chi connectivity index (χ3v) is 2.98. The molecule has 2 aromatic rings. The molecule has 0 amide bonds. The van der Waals surface area contributed by atoms with Gasteiger partial charge in [0.05, 0.1) is 5.69 Å². The van der Waals surface area contributed by atoms with Gasteiger partial charge in [-0.15, -0.1) is 11.7 Å². The van der Waals surface area contributed by atoms with Crippen molar-refractivity contribution >= 4 is 39.0 Å². The van der Waals surface area contributed by atoms with Crippen LogP contribution in [0.25, 0.3) is 0 Å². The Kier molecular flexibility index (Phi) is 4.53. The molecule has 0 spiro atoms. The predicted octanol–water partition coefficient (Wildman–Crippen LogP) is 4.36. The number of thiol groups is 1. The van der Waals surface area contributed by atoms with Gasteiger partial charge in [-0.1, -0.05) is 36.4 Å². The van der Waals surface area contributed by atoms with Crippen LogP contribution in [0.2, 0.25) is 0 Å². The second kappa shape index (κ2) is 6.37. The van der Waals surface area contributed by atoms with Gasteiger partial charge in [-0.25, -0.2) is 4.99 Å². The van der Waals surface area contributed by atoms with Crippen molar-refractivity contribution in [1.29, 1.82) is 0 Å². The number of benzene rings is 2. The first-order chi connectivity index (χ1) is 8.38. The van der Waals surface area contributed by atoms with Crippen molar-refractivity contribution in [3.8, 4) is 0 Å². The molecule has 0 aliphatic rings. The highest BCUT2D eigenvalue weighted by Crippen LogP contribution is 2.18. The van der Waals surface area contributed by atoms with Crippen molar-refractivity contribution in [2.24, 2.45) is 4.99 Å². The van der Waals surface area contributed by atoms with Crippen LogP contribution in [-0.4, -0.2) is 5.17 Å². The number of nitrogens with zero attached hydrogens (tertiary/aromatic N) is 1. The number of nitrogens with one attached hydrogen (secondary N) is 1. The molecule has 0 saturated carbocycles. The van der Waals surface area contributed by atoms with Crippen molar-refractivity contribution in [2.45, 2.75) is 0 Å². The van der Waals surface area contributed by atoms with E-state index in [-0.39, 0.29) is 0 Å². The Morgan fingerprint density at radius 1 is 0.941 bits per heavy atom. The van der Waals surface area contributed by atoms with Crippen molar-refractivity contribution in [3.63, 3.8) is 0 Å². The fourth-order valence-electron chi connectivity index (χ4n) is 1.34. The third-order valence-electron chi connectivity index (χ3n) is 2.10. The van der Waals surface area contributed by atoms with Crippen LogP contribution in [-0.2, 0) is 0 Å². The van der Waals surface area contributed by atoms with Crippen molar-refractivity contribution in [1.82, 2.24) is 0 Å². The van der Waals surface area contributed by atoms with E-state index >= 15 is 0 Å². The van der Waals surface area contributed by atoms with Gasteiger partial charge in [-0.05, 0) is 35.1 Å². The zero-order chi connectivity index (χ0) is 11.9. The van der Waals surface area contributed by atoms with Gasteiger partial charge in [-0.3, -0.25) is 0 Å². The van der Waals surface area contributed by atoms with Gasteiger partial charge in [0.2, 0.25) is 0 Å². The average molecular weight is 260 g/mol. The maximum atomic E-state index is 4.46. The first kappa shape index (κ1) is 12.1. The number of hydrogen-bond donors (Lipinski definition) is 2. The Morgan fingerprint density at radius 3 is 2.12 bits per heavy atom. The van der Waals surface area contributed by atoms with Crippen LogP contribution >= 0.6 is 22.5 Å². The van der Waals surface area contributed by atoms with Gasteiger partial charge in [0.25, 0.3) is 0 Å². The predicted molar refractivity (Wildman–Crippen MR) is 80.2 cm³/mol. The third kappa shape index (κ3) is 3.84. The summed E-state index contributed by atoms with van der Waals surface area (Å²) in [7, 11) is 1.29. The lowest BCUT2D eigenvalue weighted by Gasteiger charge is -2.06. The van der Waals surface area contributed by atoms with E-state index in [0.717, 1.165) is 16.5 Å². The highest BCUT2D eigenvalue weighted by molar-refractivity contribution is 8.75. The maximum Gasteiger partial charge on any atom is 0.176 e. The van der Waals surface area contributed by atoms with Crippen LogP contribution in [0.5, 0.6) is 0 Å². The molecule has 0 saturated heterocycles. The van der Waals surface area contributed by atoms with E-state index in [1.165, 1.54) is 10.8 Å². The molecule has 0 aromatic heterocycles. The quantitative estimate of drug-likeness (QED) is 0.363. The molecule has 0 aliphatic carbocycles. The second-order valence-electron chi connectivity index (χ2n) is 3.33. The van der Waals surface area contributed by atoms with Crippen LogP contribution in [0.3, 0.4) is 0 Å². The summed E-state index contributed by atoms with van der Waals surface area (Å²) in [5.74, 6) is 0. The Hall–Kier alpha value is -1.39. The molecule has 0 heterocycles. The van der Waals surface area contributed by atoms with Gasteiger partial charge < -0.3 is 5.32 Å². The summed E-state index contributed by atoms with van der Waals surface area (Å²) in [6.45, 7) is 0. The largest absolute Gasteiger partial charge is 0.334 e. The summed E-state index contributed by atoms with van der Waals surface area (Å²) in [6, 6.07) is 19.7. The molecule has 0 radical (unpaired) electrons. The lowest BCUT2D eigenvalue weighted by Crippen LogP contribution is -2.05. The zero-order valence-electron chi connectivity index (χ0n) is 9.08. The van der Waals surface area contributed by atoms with Crippen molar-refractivity contribution < 1.29 is 0 Å². The molecule has 2 nitrogen and oxygen atoms in total. The molecule has 2 rings (SSSR count). The minimum Gasteiger partial charge on any atom is -0.334 e. The number of para-hydroxylation sites is 2. The van der Waals surface area contributed by atoms with Gasteiger partial charge >= 0.3 is 0 Å². The number of amidine groups is 1. The van der Waals surface area contributed by atoms with E-state index in [2.05, 4.69) is 22.0 Å². The molecule has 0 fully saturated rings. The lowest BCUT2D eigenvalue weighted by atomic mass is 10.3. The summed E-state index contributed by atoms with van der Waals surface area (Å²) in [5.41, 5.74) is 1.91. The topological polar surface area (TPSA) is 24.4 Å². The summed E-state index contributed by atoms with van der Waals surface area (Å²) in [4.78, 5) is 4.46. The Labute approximate surface area is 110 Å². The van der Waals surface area contributed by atoms with Gasteiger partial charge in [0.1, 0.15) is 0 Å². The molecule has 1 N–H and O–H groups in total. The smallest absolute Gasteiger partial charge is 0.176 e. The van der Waals surface area contributed by atoms with Crippen molar-refractivity contribution in [3.05, 3.63) is 60.7 Å². The molecular weight excluding hydrogens is 248 g/mol. The molecular formula is C13H12N2S2. The van der Waals surface area contributed by atoms with Gasteiger partial charge in [0.15, 0.2) is 5.17 Å². The highest BCUT2D eigenvalue weighted by atomic mass is 33.1. The fourth-order valence-corrected chi connectivity index (χ4v) is 1.91. The number of hydrogen-bond acceptors (Lipinski definition) is 3. The Balaban J connectivity index is 2.15. The normalized spacial score (nSPS) is 11.2. The standard InChI is InChI=1S/C13H12N2S2/c16-17-13(14-11-7-3-1-4-8-11)15-12-9-5-2-6-10-12/h1-10,16H,(H,14,15).